The Labute approximate surface area is 118 Å². The summed E-state index contributed by atoms with van der Waals surface area (Å²) in [5, 5.41) is 3.23. The van der Waals surface area contributed by atoms with E-state index in [1.165, 1.54) is 6.20 Å². The Balaban J connectivity index is 2.40. The molecule has 0 spiro atoms. The first-order valence-electron chi connectivity index (χ1n) is 6.96. The van der Waals surface area contributed by atoms with Gasteiger partial charge in [0, 0.05) is 30.8 Å². The van der Waals surface area contributed by atoms with Crippen molar-refractivity contribution in [2.45, 2.75) is 33.1 Å². The molecule has 0 saturated heterocycles. The normalized spacial score (nSPS) is 10.6. The van der Waals surface area contributed by atoms with E-state index in [1.807, 2.05) is 0 Å². The smallest absolute Gasteiger partial charge is 0.150 e. The van der Waals surface area contributed by atoms with Crippen LogP contribution >= 0.6 is 0 Å². The Morgan fingerprint density at radius 1 is 1.20 bits per heavy atom. The highest BCUT2D eigenvalue weighted by atomic mass is 19.1. The van der Waals surface area contributed by atoms with Crippen LogP contribution in [-0.4, -0.2) is 21.5 Å². The van der Waals surface area contributed by atoms with Crippen LogP contribution in [0.25, 0.3) is 11.3 Å². The van der Waals surface area contributed by atoms with Gasteiger partial charge in [0.15, 0.2) is 5.82 Å². The molecule has 5 heteroatoms. The zero-order valence-corrected chi connectivity index (χ0v) is 11.9. The predicted molar refractivity (Wildman–Crippen MR) is 78.0 cm³/mol. The van der Waals surface area contributed by atoms with Gasteiger partial charge in [-0.05, 0) is 18.9 Å². The fraction of sp³-hybridized carbons (Fsp3) is 0.400. The zero-order chi connectivity index (χ0) is 14.4. The highest BCUT2D eigenvalue weighted by Gasteiger charge is 2.10. The Bertz CT molecular complexity index is 572. The molecule has 0 atom stereocenters. The predicted octanol–water partition coefficient (Wildman–Crippen LogP) is 3.45. The van der Waals surface area contributed by atoms with Crippen LogP contribution in [0, 0.1) is 5.82 Å². The van der Waals surface area contributed by atoms with Crippen LogP contribution in [0.2, 0.25) is 0 Å². The summed E-state index contributed by atoms with van der Waals surface area (Å²) in [4.78, 5) is 12.7. The van der Waals surface area contributed by atoms with Crippen LogP contribution in [0.1, 0.15) is 32.5 Å². The lowest BCUT2D eigenvalue weighted by Gasteiger charge is -2.09. The number of nitrogens with one attached hydrogen (secondary N) is 1. The average Bonchev–Trinajstić information content (AvgIpc) is 2.46. The van der Waals surface area contributed by atoms with Gasteiger partial charge < -0.3 is 5.32 Å². The van der Waals surface area contributed by atoms with Crippen LogP contribution in [0.3, 0.4) is 0 Å². The van der Waals surface area contributed by atoms with Crippen molar-refractivity contribution < 1.29 is 4.39 Å². The second-order valence-corrected chi connectivity index (χ2v) is 4.59. The Hall–Kier alpha value is -2.04. The van der Waals surface area contributed by atoms with Crippen LogP contribution in [0.5, 0.6) is 0 Å². The van der Waals surface area contributed by atoms with Gasteiger partial charge in [-0.1, -0.05) is 13.8 Å². The standard InChI is InChI=1S/C15H19FN4/c1-3-5-14-19-13(9-15(20-14)18-7-4-2)11-6-8-17-10-12(11)16/h6,8-10H,3-5,7H2,1-2H3,(H,18,19,20). The number of anilines is 1. The molecule has 1 N–H and O–H groups in total. The number of halogens is 1. The summed E-state index contributed by atoms with van der Waals surface area (Å²) in [6.45, 7) is 4.99. The molecule has 0 amide bonds. The minimum Gasteiger partial charge on any atom is -0.370 e. The van der Waals surface area contributed by atoms with E-state index < -0.39 is 0 Å². The molecule has 2 rings (SSSR count). The number of aromatic nitrogens is 3. The molecule has 0 unspecified atom stereocenters. The summed E-state index contributed by atoms with van der Waals surface area (Å²) in [6, 6.07) is 3.42. The van der Waals surface area contributed by atoms with E-state index in [1.54, 1.807) is 18.3 Å². The molecule has 2 aromatic rings. The second kappa shape index (κ2) is 6.93. The maximum Gasteiger partial charge on any atom is 0.150 e. The third-order valence-electron chi connectivity index (χ3n) is 2.85. The second-order valence-electron chi connectivity index (χ2n) is 4.59. The fourth-order valence-electron chi connectivity index (χ4n) is 1.90. The van der Waals surface area contributed by atoms with Crippen molar-refractivity contribution in [1.82, 2.24) is 15.0 Å². The van der Waals surface area contributed by atoms with Crippen molar-refractivity contribution in [2.75, 3.05) is 11.9 Å². The van der Waals surface area contributed by atoms with Gasteiger partial charge in [0.2, 0.25) is 0 Å². The van der Waals surface area contributed by atoms with Gasteiger partial charge in [0.25, 0.3) is 0 Å². The number of nitrogens with zero attached hydrogens (tertiary/aromatic N) is 3. The molecule has 106 valence electrons. The van der Waals surface area contributed by atoms with Gasteiger partial charge in [-0.3, -0.25) is 4.98 Å². The first kappa shape index (κ1) is 14.4. The molecule has 20 heavy (non-hydrogen) atoms. The Morgan fingerprint density at radius 3 is 2.75 bits per heavy atom. The number of hydrogen-bond acceptors (Lipinski definition) is 4. The number of rotatable bonds is 6. The largest absolute Gasteiger partial charge is 0.370 e. The average molecular weight is 274 g/mol. The molecule has 2 aromatic heterocycles. The van der Waals surface area contributed by atoms with E-state index in [4.69, 9.17) is 0 Å². The molecule has 0 aliphatic rings. The van der Waals surface area contributed by atoms with Crippen LogP contribution in [0.15, 0.2) is 24.5 Å². The highest BCUT2D eigenvalue weighted by molar-refractivity contribution is 5.62. The quantitative estimate of drug-likeness (QED) is 0.876. The molecule has 0 fully saturated rings. The van der Waals surface area contributed by atoms with Crippen LogP contribution in [0.4, 0.5) is 10.2 Å². The topological polar surface area (TPSA) is 50.7 Å². The van der Waals surface area contributed by atoms with Crippen molar-refractivity contribution in [3.63, 3.8) is 0 Å². The van der Waals surface area contributed by atoms with Crippen molar-refractivity contribution in [3.05, 3.63) is 36.2 Å². The minimum absolute atomic E-state index is 0.366. The summed E-state index contributed by atoms with van der Waals surface area (Å²) >= 11 is 0. The highest BCUT2D eigenvalue weighted by Crippen LogP contribution is 2.22. The summed E-state index contributed by atoms with van der Waals surface area (Å²) < 4.78 is 13.8. The summed E-state index contributed by atoms with van der Waals surface area (Å²) in [7, 11) is 0. The third-order valence-corrected chi connectivity index (χ3v) is 2.85. The van der Waals surface area contributed by atoms with E-state index >= 15 is 0 Å². The molecule has 0 aliphatic carbocycles. The van der Waals surface area contributed by atoms with E-state index in [2.05, 4.69) is 34.1 Å². The molecular weight excluding hydrogens is 255 g/mol. The minimum atomic E-state index is -0.366. The van der Waals surface area contributed by atoms with E-state index in [0.29, 0.717) is 11.3 Å². The van der Waals surface area contributed by atoms with Gasteiger partial charge in [-0.25, -0.2) is 14.4 Å². The van der Waals surface area contributed by atoms with E-state index in [0.717, 1.165) is 37.4 Å². The first-order valence-corrected chi connectivity index (χ1v) is 6.96. The molecule has 2 heterocycles. The first-order chi connectivity index (χ1) is 9.74. The number of pyridine rings is 1. The van der Waals surface area contributed by atoms with Crippen molar-refractivity contribution in [3.8, 4) is 11.3 Å². The molecule has 0 aromatic carbocycles. The molecule has 0 saturated carbocycles. The third kappa shape index (κ3) is 3.50. The lowest BCUT2D eigenvalue weighted by Crippen LogP contribution is -2.06. The van der Waals surface area contributed by atoms with Crippen LogP contribution in [-0.2, 0) is 6.42 Å². The summed E-state index contributed by atoms with van der Waals surface area (Å²) in [5.74, 6) is 1.12. The summed E-state index contributed by atoms with van der Waals surface area (Å²) in [5.41, 5.74) is 1.06. The number of aryl methyl sites for hydroxylation is 1. The lowest BCUT2D eigenvalue weighted by atomic mass is 10.1. The maximum absolute atomic E-state index is 13.8. The van der Waals surface area contributed by atoms with Gasteiger partial charge in [0.1, 0.15) is 11.6 Å². The van der Waals surface area contributed by atoms with Gasteiger partial charge in [-0.15, -0.1) is 0 Å². The van der Waals surface area contributed by atoms with Gasteiger partial charge in [-0.2, -0.15) is 0 Å². The number of hydrogen-bond donors (Lipinski definition) is 1. The SMILES string of the molecule is CCCNc1cc(-c2ccncc2F)nc(CCC)n1. The lowest BCUT2D eigenvalue weighted by molar-refractivity contribution is 0.624. The van der Waals surface area contributed by atoms with E-state index in [9.17, 15) is 4.39 Å². The van der Waals surface area contributed by atoms with Crippen molar-refractivity contribution in [1.29, 1.82) is 0 Å². The van der Waals surface area contributed by atoms with Crippen molar-refractivity contribution in [2.24, 2.45) is 0 Å². The zero-order valence-electron chi connectivity index (χ0n) is 11.9. The molecular formula is C15H19FN4. The molecule has 0 bridgehead atoms. The molecule has 0 aliphatic heterocycles. The van der Waals surface area contributed by atoms with E-state index in [-0.39, 0.29) is 5.82 Å². The van der Waals surface area contributed by atoms with Crippen LogP contribution < -0.4 is 5.32 Å². The molecule has 4 nitrogen and oxygen atoms in total. The fourth-order valence-corrected chi connectivity index (χ4v) is 1.90. The maximum atomic E-state index is 13.8. The Morgan fingerprint density at radius 2 is 2.05 bits per heavy atom. The Kier molecular flexibility index (Phi) is 4.98. The summed E-state index contributed by atoms with van der Waals surface area (Å²) in [6.07, 6.45) is 5.51. The van der Waals surface area contributed by atoms with Gasteiger partial charge in [0.05, 0.1) is 11.9 Å². The van der Waals surface area contributed by atoms with Crippen molar-refractivity contribution >= 4 is 5.82 Å². The molecule has 0 radical (unpaired) electrons. The monoisotopic (exact) mass is 274 g/mol. The van der Waals surface area contributed by atoms with Gasteiger partial charge >= 0.3 is 0 Å².